The van der Waals surface area contributed by atoms with Crippen LogP contribution in [-0.2, 0) is 9.53 Å². The monoisotopic (exact) mass is 267 g/mol. The van der Waals surface area contributed by atoms with Gasteiger partial charge < -0.3 is 14.4 Å². The van der Waals surface area contributed by atoms with Crippen LogP contribution in [0.4, 0.5) is 5.82 Å². The molecular formula is C13H21N3O3. The first-order valence-corrected chi connectivity index (χ1v) is 6.29. The van der Waals surface area contributed by atoms with Gasteiger partial charge in [0, 0.05) is 26.1 Å². The van der Waals surface area contributed by atoms with Gasteiger partial charge in [-0.2, -0.15) is 0 Å². The minimum absolute atomic E-state index is 0.0763. The van der Waals surface area contributed by atoms with Crippen molar-refractivity contribution < 1.29 is 14.3 Å². The zero-order valence-corrected chi connectivity index (χ0v) is 11.9. The van der Waals surface area contributed by atoms with Gasteiger partial charge in [-0.3, -0.25) is 4.79 Å². The molecular weight excluding hydrogens is 246 g/mol. The molecule has 0 radical (unpaired) electrons. The Morgan fingerprint density at radius 2 is 2.16 bits per heavy atom. The second kappa shape index (κ2) is 7.56. The molecule has 0 fully saturated rings. The average Bonchev–Trinajstić information content (AvgIpc) is 2.37. The van der Waals surface area contributed by atoms with Crippen LogP contribution in [0.25, 0.3) is 0 Å². The number of aromatic nitrogens is 2. The number of hydrogen-bond acceptors (Lipinski definition) is 6. The predicted octanol–water partition coefficient (Wildman–Crippen LogP) is 1.65. The molecule has 0 unspecified atom stereocenters. The highest BCUT2D eigenvalue weighted by molar-refractivity contribution is 5.69. The van der Waals surface area contributed by atoms with Crippen molar-refractivity contribution in [1.29, 1.82) is 0 Å². The number of hydrogen-bond donors (Lipinski definition) is 0. The highest BCUT2D eigenvalue weighted by atomic mass is 16.5. The third-order valence-corrected chi connectivity index (χ3v) is 2.48. The van der Waals surface area contributed by atoms with Gasteiger partial charge in [0.1, 0.15) is 12.1 Å². The number of anilines is 1. The van der Waals surface area contributed by atoms with E-state index in [0.29, 0.717) is 25.3 Å². The predicted molar refractivity (Wildman–Crippen MR) is 72.3 cm³/mol. The lowest BCUT2D eigenvalue weighted by atomic mass is 10.3. The van der Waals surface area contributed by atoms with Crippen molar-refractivity contribution in [3.63, 3.8) is 0 Å². The molecule has 0 atom stereocenters. The van der Waals surface area contributed by atoms with Gasteiger partial charge in [0.15, 0.2) is 0 Å². The maximum atomic E-state index is 11.0. The van der Waals surface area contributed by atoms with E-state index >= 15 is 0 Å². The van der Waals surface area contributed by atoms with Crippen LogP contribution in [0.2, 0.25) is 0 Å². The summed E-state index contributed by atoms with van der Waals surface area (Å²) in [6.07, 6.45) is 2.67. The number of ether oxygens (including phenoxy) is 2. The average molecular weight is 267 g/mol. The molecule has 0 amide bonds. The van der Waals surface area contributed by atoms with Crippen molar-refractivity contribution in [2.75, 3.05) is 25.6 Å². The molecule has 0 aliphatic carbocycles. The Morgan fingerprint density at radius 1 is 1.42 bits per heavy atom. The van der Waals surface area contributed by atoms with Crippen LogP contribution in [0.1, 0.15) is 26.7 Å². The molecule has 19 heavy (non-hydrogen) atoms. The molecule has 6 heteroatoms. The zero-order valence-electron chi connectivity index (χ0n) is 11.9. The lowest BCUT2D eigenvalue weighted by molar-refractivity contribution is -0.140. The Bertz CT molecular complexity index is 410. The Morgan fingerprint density at radius 3 is 2.79 bits per heavy atom. The van der Waals surface area contributed by atoms with Gasteiger partial charge in [0.2, 0.25) is 5.88 Å². The normalized spacial score (nSPS) is 10.4. The highest BCUT2D eigenvalue weighted by Crippen LogP contribution is 2.16. The molecule has 0 N–H and O–H groups in total. The summed E-state index contributed by atoms with van der Waals surface area (Å²) in [4.78, 5) is 21.2. The molecule has 1 rings (SSSR count). The second-order valence-corrected chi connectivity index (χ2v) is 4.48. The van der Waals surface area contributed by atoms with E-state index in [-0.39, 0.29) is 12.1 Å². The van der Waals surface area contributed by atoms with Crippen molar-refractivity contribution >= 4 is 11.8 Å². The maximum Gasteiger partial charge on any atom is 0.305 e. The molecule has 1 aromatic rings. The van der Waals surface area contributed by atoms with Crippen LogP contribution in [0, 0.1) is 0 Å². The van der Waals surface area contributed by atoms with E-state index in [9.17, 15) is 4.79 Å². The molecule has 6 nitrogen and oxygen atoms in total. The quantitative estimate of drug-likeness (QED) is 0.700. The van der Waals surface area contributed by atoms with Gasteiger partial charge in [0.25, 0.3) is 0 Å². The van der Waals surface area contributed by atoms with Crippen LogP contribution >= 0.6 is 0 Å². The van der Waals surface area contributed by atoms with Gasteiger partial charge in [-0.15, -0.1) is 0 Å². The number of carbonyl (C=O) groups excluding carboxylic acids is 1. The van der Waals surface area contributed by atoms with Crippen molar-refractivity contribution in [1.82, 2.24) is 9.97 Å². The Kier molecular flexibility index (Phi) is 6.05. The minimum atomic E-state index is -0.195. The van der Waals surface area contributed by atoms with Crippen LogP contribution in [0.5, 0.6) is 5.88 Å². The third-order valence-electron chi connectivity index (χ3n) is 2.48. The molecule has 1 aromatic heterocycles. The fourth-order valence-electron chi connectivity index (χ4n) is 1.52. The van der Waals surface area contributed by atoms with Gasteiger partial charge in [-0.25, -0.2) is 9.97 Å². The summed E-state index contributed by atoms with van der Waals surface area (Å²) in [5.41, 5.74) is 0. The number of methoxy groups -OCH3 is 1. The lowest BCUT2D eigenvalue weighted by Gasteiger charge is -2.18. The van der Waals surface area contributed by atoms with E-state index < -0.39 is 0 Å². The van der Waals surface area contributed by atoms with E-state index in [2.05, 4.69) is 14.7 Å². The molecule has 0 spiro atoms. The van der Waals surface area contributed by atoms with Crippen LogP contribution in [-0.4, -0.2) is 42.7 Å². The summed E-state index contributed by atoms with van der Waals surface area (Å²) < 4.78 is 10.1. The zero-order chi connectivity index (χ0) is 14.3. The second-order valence-electron chi connectivity index (χ2n) is 4.48. The summed E-state index contributed by atoms with van der Waals surface area (Å²) in [5, 5.41) is 0. The highest BCUT2D eigenvalue weighted by Gasteiger charge is 2.07. The fraction of sp³-hybridized carbons (Fsp3) is 0.615. The number of carbonyl (C=O) groups is 1. The molecule has 0 bridgehead atoms. The summed E-state index contributed by atoms with van der Waals surface area (Å²) in [5.74, 6) is 1.13. The summed E-state index contributed by atoms with van der Waals surface area (Å²) in [6.45, 7) is 4.61. The molecule has 0 aliphatic heterocycles. The van der Waals surface area contributed by atoms with E-state index in [1.54, 1.807) is 6.07 Å². The molecule has 0 aliphatic rings. The summed E-state index contributed by atoms with van der Waals surface area (Å²) >= 11 is 0. The van der Waals surface area contributed by atoms with Crippen molar-refractivity contribution in [3.8, 4) is 5.88 Å². The number of rotatable bonds is 7. The third kappa shape index (κ3) is 5.54. The molecule has 0 saturated heterocycles. The molecule has 106 valence electrons. The minimum Gasteiger partial charge on any atom is -0.475 e. The van der Waals surface area contributed by atoms with E-state index in [1.807, 2.05) is 25.8 Å². The number of esters is 1. The topological polar surface area (TPSA) is 64.5 Å². The van der Waals surface area contributed by atoms with Gasteiger partial charge in [-0.1, -0.05) is 0 Å². The smallest absolute Gasteiger partial charge is 0.305 e. The molecule has 0 aromatic carbocycles. The summed E-state index contributed by atoms with van der Waals surface area (Å²) in [7, 11) is 3.31. The summed E-state index contributed by atoms with van der Waals surface area (Å²) in [6, 6.07) is 1.79. The van der Waals surface area contributed by atoms with Gasteiger partial charge >= 0.3 is 5.97 Å². The number of nitrogens with zero attached hydrogens (tertiary/aromatic N) is 3. The van der Waals surface area contributed by atoms with Crippen LogP contribution in [0.15, 0.2) is 12.4 Å². The first-order valence-electron chi connectivity index (χ1n) is 6.29. The van der Waals surface area contributed by atoms with Gasteiger partial charge in [-0.05, 0) is 20.3 Å². The van der Waals surface area contributed by atoms with E-state index in [1.165, 1.54) is 13.4 Å². The van der Waals surface area contributed by atoms with Gasteiger partial charge in [0.05, 0.1) is 13.2 Å². The van der Waals surface area contributed by atoms with Crippen molar-refractivity contribution in [2.24, 2.45) is 0 Å². The van der Waals surface area contributed by atoms with Crippen molar-refractivity contribution in [3.05, 3.63) is 12.4 Å². The van der Waals surface area contributed by atoms with Crippen LogP contribution in [0.3, 0.4) is 0 Å². The molecule has 1 heterocycles. The Labute approximate surface area is 113 Å². The van der Waals surface area contributed by atoms with E-state index in [4.69, 9.17) is 4.74 Å². The Hall–Kier alpha value is -1.85. The van der Waals surface area contributed by atoms with Crippen LogP contribution < -0.4 is 9.64 Å². The lowest BCUT2D eigenvalue weighted by Crippen LogP contribution is -2.21. The molecule has 0 saturated carbocycles. The first-order chi connectivity index (χ1) is 9.02. The Balaban J connectivity index is 2.51. The fourth-order valence-corrected chi connectivity index (χ4v) is 1.52. The standard InChI is InChI=1S/C13H21N3O3/c1-10(2)19-12-8-11(14-9-15-12)16(3)7-5-6-13(17)18-4/h8-10H,5-7H2,1-4H3. The maximum absolute atomic E-state index is 11.0. The van der Waals surface area contributed by atoms with E-state index in [0.717, 1.165) is 5.82 Å². The van der Waals surface area contributed by atoms with Crippen molar-refractivity contribution in [2.45, 2.75) is 32.8 Å². The first kappa shape index (κ1) is 15.2. The largest absolute Gasteiger partial charge is 0.475 e. The SMILES string of the molecule is COC(=O)CCCN(C)c1cc(OC(C)C)ncn1.